The summed E-state index contributed by atoms with van der Waals surface area (Å²) in [5.41, 5.74) is 2.13. The molecule has 0 saturated carbocycles. The number of carbonyl (C=O) groups is 2. The number of rotatable bonds is 5. The number of pyridine rings is 1. The van der Waals surface area contributed by atoms with Crippen LogP contribution < -0.4 is 14.8 Å². The van der Waals surface area contributed by atoms with E-state index in [1.807, 2.05) is 0 Å². The molecule has 172 valence electrons. The monoisotopic (exact) mass is 463 g/mol. The first-order chi connectivity index (χ1) is 16.5. The van der Waals surface area contributed by atoms with Gasteiger partial charge in [0.1, 0.15) is 19.0 Å². The number of nitrogens with zero attached hydrogens (tertiary/aromatic N) is 2. The van der Waals surface area contributed by atoms with Crippen molar-refractivity contribution in [2.75, 3.05) is 25.1 Å². The van der Waals surface area contributed by atoms with Gasteiger partial charge in [0.2, 0.25) is 0 Å². The van der Waals surface area contributed by atoms with Crippen LogP contribution in [-0.4, -0.2) is 41.8 Å². The first-order valence-electron chi connectivity index (χ1n) is 10.4. The number of hydrogen-bond donors (Lipinski definition) is 1. The SMILES string of the molecule is Cc1noc2nc(-c3ccc(F)cc3)cc(C(=O)OCC(=O)Nc3ccc4c(c3)OCCO4)c12. The fourth-order valence-electron chi connectivity index (χ4n) is 3.55. The molecule has 2 aromatic heterocycles. The lowest BCUT2D eigenvalue weighted by Crippen LogP contribution is -2.21. The highest BCUT2D eigenvalue weighted by Gasteiger charge is 2.21. The molecule has 34 heavy (non-hydrogen) atoms. The third-order valence-electron chi connectivity index (χ3n) is 5.14. The van der Waals surface area contributed by atoms with Gasteiger partial charge in [0.05, 0.1) is 22.3 Å². The average Bonchev–Trinajstić information content (AvgIpc) is 3.23. The van der Waals surface area contributed by atoms with E-state index in [-0.39, 0.29) is 11.3 Å². The molecule has 2 aromatic carbocycles. The van der Waals surface area contributed by atoms with Crippen LogP contribution in [0, 0.1) is 12.7 Å². The summed E-state index contributed by atoms with van der Waals surface area (Å²) in [4.78, 5) is 29.6. The van der Waals surface area contributed by atoms with Crippen molar-refractivity contribution in [2.24, 2.45) is 0 Å². The highest BCUT2D eigenvalue weighted by molar-refractivity contribution is 6.05. The van der Waals surface area contributed by atoms with E-state index in [0.717, 1.165) is 0 Å². The fraction of sp³-hybridized carbons (Fsp3) is 0.167. The van der Waals surface area contributed by atoms with Crippen molar-refractivity contribution >= 4 is 28.7 Å². The molecule has 0 fully saturated rings. The van der Waals surface area contributed by atoms with Gasteiger partial charge in [-0.05, 0) is 49.4 Å². The molecule has 0 radical (unpaired) electrons. The summed E-state index contributed by atoms with van der Waals surface area (Å²) in [6.45, 7) is 2.03. The molecule has 0 saturated heterocycles. The summed E-state index contributed by atoms with van der Waals surface area (Å²) in [5.74, 6) is -0.561. The van der Waals surface area contributed by atoms with Gasteiger partial charge in [0, 0.05) is 17.3 Å². The smallest absolute Gasteiger partial charge is 0.339 e. The molecule has 0 bridgehead atoms. The topological polar surface area (TPSA) is 113 Å². The van der Waals surface area contributed by atoms with Crippen LogP contribution in [0.5, 0.6) is 11.5 Å². The molecule has 9 nitrogen and oxygen atoms in total. The molecule has 1 N–H and O–H groups in total. The van der Waals surface area contributed by atoms with E-state index in [0.29, 0.717) is 52.7 Å². The Morgan fingerprint density at radius 1 is 1.06 bits per heavy atom. The summed E-state index contributed by atoms with van der Waals surface area (Å²) < 4.78 is 34.7. The van der Waals surface area contributed by atoms with E-state index in [2.05, 4.69) is 15.5 Å². The number of ether oxygens (including phenoxy) is 3. The van der Waals surface area contributed by atoms with Crippen molar-refractivity contribution in [3.8, 4) is 22.8 Å². The van der Waals surface area contributed by atoms with Gasteiger partial charge in [-0.15, -0.1) is 0 Å². The molecule has 1 amide bonds. The van der Waals surface area contributed by atoms with Crippen molar-refractivity contribution in [3.05, 3.63) is 65.6 Å². The van der Waals surface area contributed by atoms with Crippen LogP contribution >= 0.6 is 0 Å². The molecule has 1 aliphatic heterocycles. The van der Waals surface area contributed by atoms with E-state index >= 15 is 0 Å². The van der Waals surface area contributed by atoms with Gasteiger partial charge in [0.25, 0.3) is 11.6 Å². The predicted octanol–water partition coefficient (Wildman–Crippen LogP) is 3.90. The van der Waals surface area contributed by atoms with E-state index in [9.17, 15) is 14.0 Å². The Labute approximate surface area is 192 Å². The van der Waals surface area contributed by atoms with Gasteiger partial charge in [-0.3, -0.25) is 4.79 Å². The number of aromatic nitrogens is 2. The Kier molecular flexibility index (Phi) is 5.54. The van der Waals surface area contributed by atoms with Crippen molar-refractivity contribution < 1.29 is 32.7 Å². The fourth-order valence-corrected chi connectivity index (χ4v) is 3.55. The number of aryl methyl sites for hydroxylation is 1. The minimum Gasteiger partial charge on any atom is -0.486 e. The second kappa shape index (κ2) is 8.81. The van der Waals surface area contributed by atoms with Crippen LogP contribution in [0.1, 0.15) is 16.1 Å². The van der Waals surface area contributed by atoms with E-state index in [1.54, 1.807) is 25.1 Å². The lowest BCUT2D eigenvalue weighted by atomic mass is 10.1. The molecule has 1 aliphatic rings. The number of hydrogen-bond acceptors (Lipinski definition) is 8. The van der Waals surface area contributed by atoms with Crippen LogP contribution in [-0.2, 0) is 9.53 Å². The summed E-state index contributed by atoms with van der Waals surface area (Å²) in [7, 11) is 0. The molecule has 0 aliphatic carbocycles. The first-order valence-corrected chi connectivity index (χ1v) is 10.4. The van der Waals surface area contributed by atoms with E-state index < -0.39 is 24.3 Å². The van der Waals surface area contributed by atoms with Crippen LogP contribution in [0.4, 0.5) is 10.1 Å². The van der Waals surface area contributed by atoms with Crippen LogP contribution in [0.25, 0.3) is 22.4 Å². The van der Waals surface area contributed by atoms with Gasteiger partial charge in [-0.1, -0.05) is 5.16 Å². The maximum atomic E-state index is 13.3. The number of esters is 1. The second-order valence-electron chi connectivity index (χ2n) is 7.49. The third kappa shape index (κ3) is 4.25. The van der Waals surface area contributed by atoms with Crippen molar-refractivity contribution in [1.82, 2.24) is 10.1 Å². The van der Waals surface area contributed by atoms with Crippen LogP contribution in [0.2, 0.25) is 0 Å². The number of carbonyl (C=O) groups excluding carboxylic acids is 2. The number of anilines is 1. The average molecular weight is 463 g/mol. The standard InChI is InChI=1S/C24H18FN3O6/c1-13-22-17(11-18(27-23(22)34-28-13)14-2-4-15(25)5-3-14)24(30)33-12-21(29)26-16-6-7-19-20(10-16)32-9-8-31-19/h2-7,10-11H,8-9,12H2,1H3,(H,26,29). The van der Waals surface area contributed by atoms with E-state index in [4.69, 9.17) is 18.7 Å². The number of benzene rings is 2. The number of fused-ring (bicyclic) bond motifs is 2. The van der Waals surface area contributed by atoms with Crippen LogP contribution in [0.15, 0.2) is 53.1 Å². The molecule has 3 heterocycles. The Morgan fingerprint density at radius 3 is 2.62 bits per heavy atom. The Balaban J connectivity index is 1.33. The summed E-state index contributed by atoms with van der Waals surface area (Å²) in [5, 5.41) is 6.90. The van der Waals surface area contributed by atoms with Gasteiger partial charge < -0.3 is 24.1 Å². The van der Waals surface area contributed by atoms with Gasteiger partial charge in [-0.25, -0.2) is 14.2 Å². The molecule has 0 unspecified atom stereocenters. The van der Waals surface area contributed by atoms with Crippen molar-refractivity contribution in [3.63, 3.8) is 0 Å². The Morgan fingerprint density at radius 2 is 1.82 bits per heavy atom. The minimum atomic E-state index is -0.751. The Bertz CT molecular complexity index is 1400. The zero-order chi connectivity index (χ0) is 23.7. The number of amides is 1. The summed E-state index contributed by atoms with van der Waals surface area (Å²) in [6, 6.07) is 12.1. The summed E-state index contributed by atoms with van der Waals surface area (Å²) in [6.07, 6.45) is 0. The highest BCUT2D eigenvalue weighted by atomic mass is 19.1. The van der Waals surface area contributed by atoms with Crippen LogP contribution in [0.3, 0.4) is 0 Å². The molecular formula is C24H18FN3O6. The first kappa shape index (κ1) is 21.4. The number of nitrogens with one attached hydrogen (secondary N) is 1. The Hall–Kier alpha value is -4.47. The highest BCUT2D eigenvalue weighted by Crippen LogP contribution is 2.32. The zero-order valence-electron chi connectivity index (χ0n) is 18.0. The van der Waals surface area contributed by atoms with Gasteiger partial charge in [0.15, 0.2) is 18.1 Å². The van der Waals surface area contributed by atoms with Crippen molar-refractivity contribution in [2.45, 2.75) is 6.92 Å². The quantitative estimate of drug-likeness (QED) is 0.444. The summed E-state index contributed by atoms with van der Waals surface area (Å²) >= 11 is 0. The molecule has 0 spiro atoms. The maximum absolute atomic E-state index is 13.3. The molecule has 10 heteroatoms. The largest absolute Gasteiger partial charge is 0.486 e. The maximum Gasteiger partial charge on any atom is 0.339 e. The van der Waals surface area contributed by atoms with Gasteiger partial charge in [-0.2, -0.15) is 0 Å². The molecule has 5 rings (SSSR count). The lowest BCUT2D eigenvalue weighted by molar-refractivity contribution is -0.119. The van der Waals surface area contributed by atoms with Crippen molar-refractivity contribution in [1.29, 1.82) is 0 Å². The molecule has 4 aromatic rings. The zero-order valence-corrected chi connectivity index (χ0v) is 18.0. The second-order valence-corrected chi connectivity index (χ2v) is 7.49. The van der Waals surface area contributed by atoms with Gasteiger partial charge >= 0.3 is 5.97 Å². The predicted molar refractivity (Wildman–Crippen MR) is 118 cm³/mol. The minimum absolute atomic E-state index is 0.131. The molecule has 0 atom stereocenters. The lowest BCUT2D eigenvalue weighted by Gasteiger charge is -2.19. The third-order valence-corrected chi connectivity index (χ3v) is 5.14. The molecular weight excluding hydrogens is 445 g/mol. The normalized spacial score (nSPS) is 12.4. The van der Waals surface area contributed by atoms with E-state index in [1.165, 1.54) is 30.3 Å². The number of halogens is 1.